The molecule has 1 fully saturated rings. The second-order valence-electron chi connectivity index (χ2n) is 7.62. The molecular weight excluding hydrogens is 404 g/mol. The zero-order chi connectivity index (χ0) is 21.1. The SMILES string of the molecule is COc1ccc(C2=COC3CC(OCc4ccc(Cl)cc4)CCC3C2=O)cc1OC. The van der Waals surface area contributed by atoms with Gasteiger partial charge in [-0.25, -0.2) is 0 Å². The minimum absolute atomic E-state index is 0.0748. The van der Waals surface area contributed by atoms with E-state index < -0.39 is 0 Å². The van der Waals surface area contributed by atoms with Crippen molar-refractivity contribution >= 4 is 23.0 Å². The highest BCUT2D eigenvalue weighted by atomic mass is 35.5. The van der Waals surface area contributed by atoms with Gasteiger partial charge in [-0.3, -0.25) is 4.79 Å². The molecule has 4 rings (SSSR count). The van der Waals surface area contributed by atoms with E-state index in [4.69, 9.17) is 30.5 Å². The minimum atomic E-state index is -0.148. The average molecular weight is 429 g/mol. The molecule has 5 nitrogen and oxygen atoms in total. The van der Waals surface area contributed by atoms with Crippen molar-refractivity contribution in [3.63, 3.8) is 0 Å². The third kappa shape index (κ3) is 4.32. The molecule has 0 bridgehead atoms. The Kier molecular flexibility index (Phi) is 6.30. The Labute approximate surface area is 181 Å². The zero-order valence-corrected chi connectivity index (χ0v) is 17.9. The molecule has 1 aliphatic carbocycles. The fourth-order valence-corrected chi connectivity index (χ4v) is 4.24. The number of allylic oxidation sites excluding steroid dienone is 1. The maximum absolute atomic E-state index is 13.2. The van der Waals surface area contributed by atoms with Gasteiger partial charge in [-0.05, 0) is 48.2 Å². The number of hydrogen-bond donors (Lipinski definition) is 0. The number of fused-ring (bicyclic) bond motifs is 1. The first-order valence-corrected chi connectivity index (χ1v) is 10.4. The standard InChI is InChI=1S/C24H25ClO5/c1-27-21-10-5-16(11-23(21)28-2)20-14-30-22-12-18(8-9-19(22)24(20)26)29-13-15-3-6-17(25)7-4-15/h3-7,10-11,14,18-19,22H,8-9,12-13H2,1-2H3. The number of ketones is 1. The quantitative estimate of drug-likeness (QED) is 0.644. The fourth-order valence-electron chi connectivity index (χ4n) is 4.12. The summed E-state index contributed by atoms with van der Waals surface area (Å²) in [6.07, 6.45) is 3.81. The van der Waals surface area contributed by atoms with Crippen LogP contribution < -0.4 is 9.47 Å². The van der Waals surface area contributed by atoms with Crippen LogP contribution in [0.3, 0.4) is 0 Å². The van der Waals surface area contributed by atoms with Gasteiger partial charge in [0, 0.05) is 11.4 Å². The van der Waals surface area contributed by atoms with Crippen LogP contribution in [0.15, 0.2) is 48.7 Å². The Morgan fingerprint density at radius 2 is 1.80 bits per heavy atom. The largest absolute Gasteiger partial charge is 0.496 e. The summed E-state index contributed by atoms with van der Waals surface area (Å²) in [5, 5.41) is 0.713. The predicted octanol–water partition coefficient (Wildman–Crippen LogP) is 5.05. The first-order valence-electron chi connectivity index (χ1n) is 10.1. The van der Waals surface area contributed by atoms with Gasteiger partial charge >= 0.3 is 0 Å². The lowest BCUT2D eigenvalue weighted by Crippen LogP contribution is -2.41. The monoisotopic (exact) mass is 428 g/mol. The third-order valence-electron chi connectivity index (χ3n) is 5.80. The van der Waals surface area contributed by atoms with Crippen LogP contribution in [0, 0.1) is 5.92 Å². The van der Waals surface area contributed by atoms with E-state index in [1.165, 1.54) is 0 Å². The lowest BCUT2D eigenvalue weighted by Gasteiger charge is -2.37. The zero-order valence-electron chi connectivity index (χ0n) is 17.1. The molecular formula is C24H25ClO5. The number of carbonyl (C=O) groups is 1. The van der Waals surface area contributed by atoms with Gasteiger partial charge < -0.3 is 18.9 Å². The molecule has 1 heterocycles. The van der Waals surface area contributed by atoms with Gasteiger partial charge in [-0.15, -0.1) is 0 Å². The first kappa shape index (κ1) is 20.8. The summed E-state index contributed by atoms with van der Waals surface area (Å²) in [6, 6.07) is 13.1. The summed E-state index contributed by atoms with van der Waals surface area (Å²) in [6.45, 7) is 0.528. The van der Waals surface area contributed by atoms with Crippen molar-refractivity contribution in [1.82, 2.24) is 0 Å². The van der Waals surface area contributed by atoms with Crippen LogP contribution in [0.5, 0.6) is 11.5 Å². The molecule has 0 amide bonds. The Morgan fingerprint density at radius 3 is 2.53 bits per heavy atom. The maximum Gasteiger partial charge on any atom is 0.173 e. The Hall–Kier alpha value is -2.50. The molecule has 0 saturated heterocycles. The summed E-state index contributed by atoms with van der Waals surface area (Å²) in [4.78, 5) is 13.2. The predicted molar refractivity (Wildman–Crippen MR) is 115 cm³/mol. The summed E-state index contributed by atoms with van der Waals surface area (Å²) >= 11 is 5.93. The molecule has 30 heavy (non-hydrogen) atoms. The normalized spacial score (nSPS) is 23.2. The molecule has 2 aromatic carbocycles. The summed E-state index contributed by atoms with van der Waals surface area (Å²) in [7, 11) is 3.17. The number of hydrogen-bond acceptors (Lipinski definition) is 5. The van der Waals surface area contributed by atoms with Crippen LogP contribution in [0.2, 0.25) is 5.02 Å². The molecule has 1 saturated carbocycles. The molecule has 0 radical (unpaired) electrons. The molecule has 158 valence electrons. The Morgan fingerprint density at radius 1 is 1.03 bits per heavy atom. The van der Waals surface area contributed by atoms with Gasteiger partial charge in [-0.1, -0.05) is 29.8 Å². The first-order chi connectivity index (χ1) is 14.6. The number of carbonyl (C=O) groups excluding carboxylic acids is 1. The van der Waals surface area contributed by atoms with Crippen LogP contribution in [0.25, 0.3) is 5.57 Å². The Bertz CT molecular complexity index is 937. The van der Waals surface area contributed by atoms with E-state index in [1.807, 2.05) is 36.4 Å². The highest BCUT2D eigenvalue weighted by Gasteiger charge is 2.40. The van der Waals surface area contributed by atoms with E-state index in [1.54, 1.807) is 26.5 Å². The number of Topliss-reactive ketones (excluding diaryl/α,β-unsaturated/α-hetero) is 1. The molecule has 0 spiro atoms. The van der Waals surface area contributed by atoms with Crippen molar-refractivity contribution < 1.29 is 23.7 Å². The minimum Gasteiger partial charge on any atom is -0.496 e. The molecule has 3 atom stereocenters. The van der Waals surface area contributed by atoms with Gasteiger partial charge in [-0.2, -0.15) is 0 Å². The van der Waals surface area contributed by atoms with E-state index in [0.29, 0.717) is 35.1 Å². The lowest BCUT2D eigenvalue weighted by atomic mass is 9.78. The molecule has 3 unspecified atom stereocenters. The second kappa shape index (κ2) is 9.11. The highest BCUT2D eigenvalue weighted by Crippen LogP contribution is 2.39. The molecule has 0 aromatic heterocycles. The van der Waals surface area contributed by atoms with E-state index in [0.717, 1.165) is 24.0 Å². The van der Waals surface area contributed by atoms with Gasteiger partial charge in [0.2, 0.25) is 0 Å². The van der Waals surface area contributed by atoms with Gasteiger partial charge in [0.1, 0.15) is 6.10 Å². The summed E-state index contributed by atoms with van der Waals surface area (Å²) < 4.78 is 22.7. The van der Waals surface area contributed by atoms with Gasteiger partial charge in [0.15, 0.2) is 17.3 Å². The van der Waals surface area contributed by atoms with Crippen LogP contribution in [-0.2, 0) is 20.9 Å². The molecule has 6 heteroatoms. The molecule has 2 aromatic rings. The van der Waals surface area contributed by atoms with Gasteiger partial charge in [0.25, 0.3) is 0 Å². The lowest BCUT2D eigenvalue weighted by molar-refractivity contribution is -0.128. The van der Waals surface area contributed by atoms with Crippen LogP contribution in [0.1, 0.15) is 30.4 Å². The highest BCUT2D eigenvalue weighted by molar-refractivity contribution is 6.30. The van der Waals surface area contributed by atoms with Crippen molar-refractivity contribution in [2.75, 3.05) is 14.2 Å². The fraction of sp³-hybridized carbons (Fsp3) is 0.375. The van der Waals surface area contributed by atoms with Crippen molar-refractivity contribution in [3.8, 4) is 11.5 Å². The van der Waals surface area contributed by atoms with Crippen molar-refractivity contribution in [3.05, 3.63) is 64.9 Å². The Balaban J connectivity index is 1.42. The van der Waals surface area contributed by atoms with E-state index in [2.05, 4.69) is 0 Å². The van der Waals surface area contributed by atoms with Crippen LogP contribution >= 0.6 is 11.6 Å². The number of halogens is 1. The topological polar surface area (TPSA) is 54.0 Å². The van der Waals surface area contributed by atoms with Crippen molar-refractivity contribution in [2.24, 2.45) is 5.92 Å². The molecule has 0 N–H and O–H groups in total. The number of ether oxygens (including phenoxy) is 4. The third-order valence-corrected chi connectivity index (χ3v) is 6.05. The van der Waals surface area contributed by atoms with Crippen molar-refractivity contribution in [2.45, 2.75) is 38.1 Å². The number of rotatable bonds is 6. The van der Waals surface area contributed by atoms with E-state index in [9.17, 15) is 4.79 Å². The van der Waals surface area contributed by atoms with Gasteiger partial charge in [0.05, 0.1) is 44.7 Å². The van der Waals surface area contributed by atoms with Crippen LogP contribution in [0.4, 0.5) is 0 Å². The molecule has 1 aliphatic heterocycles. The summed E-state index contributed by atoms with van der Waals surface area (Å²) in [5.41, 5.74) is 2.44. The van der Waals surface area contributed by atoms with E-state index >= 15 is 0 Å². The second-order valence-corrected chi connectivity index (χ2v) is 8.06. The molecule has 2 aliphatic rings. The summed E-state index contributed by atoms with van der Waals surface area (Å²) in [5.74, 6) is 1.19. The van der Waals surface area contributed by atoms with E-state index in [-0.39, 0.29) is 23.9 Å². The van der Waals surface area contributed by atoms with Crippen LogP contribution in [-0.4, -0.2) is 32.2 Å². The number of benzene rings is 2. The number of methoxy groups -OCH3 is 2. The average Bonchev–Trinajstić information content (AvgIpc) is 2.78. The van der Waals surface area contributed by atoms with Crippen molar-refractivity contribution in [1.29, 1.82) is 0 Å². The smallest absolute Gasteiger partial charge is 0.173 e. The maximum atomic E-state index is 13.2.